The third kappa shape index (κ3) is 5.66. The Bertz CT molecular complexity index is 723. The number of benzene rings is 1. The smallest absolute Gasteiger partial charge is 0.146 e. The lowest BCUT2D eigenvalue weighted by atomic mass is 10.1. The van der Waals surface area contributed by atoms with Crippen LogP contribution < -0.4 is 10.6 Å². The SMILES string of the molecule is CCOCCNc1cc(C)c(C#N)c(NCCc2ccc(O)cc2)n1. The molecule has 0 radical (unpaired) electrons. The van der Waals surface area contributed by atoms with E-state index >= 15 is 0 Å². The Balaban J connectivity index is 2.00. The van der Waals surface area contributed by atoms with Crippen LogP contribution in [0.4, 0.5) is 11.6 Å². The maximum Gasteiger partial charge on any atom is 0.146 e. The van der Waals surface area contributed by atoms with Crippen molar-refractivity contribution in [3.8, 4) is 11.8 Å². The van der Waals surface area contributed by atoms with Gasteiger partial charge in [-0.3, -0.25) is 0 Å². The van der Waals surface area contributed by atoms with E-state index in [9.17, 15) is 10.4 Å². The van der Waals surface area contributed by atoms with E-state index in [2.05, 4.69) is 21.7 Å². The molecule has 2 aromatic rings. The predicted molar refractivity (Wildman–Crippen MR) is 99.0 cm³/mol. The van der Waals surface area contributed by atoms with Crippen LogP contribution in [0.15, 0.2) is 30.3 Å². The van der Waals surface area contributed by atoms with Gasteiger partial charge in [-0.15, -0.1) is 0 Å². The second kappa shape index (κ2) is 9.50. The van der Waals surface area contributed by atoms with Crippen LogP contribution in [0, 0.1) is 18.3 Å². The van der Waals surface area contributed by atoms with Gasteiger partial charge in [0.15, 0.2) is 0 Å². The van der Waals surface area contributed by atoms with Crippen LogP contribution in [-0.4, -0.2) is 36.4 Å². The van der Waals surface area contributed by atoms with Crippen LogP contribution in [0.3, 0.4) is 0 Å². The molecule has 1 aromatic carbocycles. The molecule has 0 aliphatic rings. The average molecular weight is 340 g/mol. The number of nitrogens with one attached hydrogen (secondary N) is 2. The Morgan fingerprint density at radius 1 is 1.20 bits per heavy atom. The summed E-state index contributed by atoms with van der Waals surface area (Å²) in [7, 11) is 0. The molecule has 0 saturated heterocycles. The number of aromatic hydroxyl groups is 1. The molecule has 0 spiro atoms. The minimum absolute atomic E-state index is 0.256. The van der Waals surface area contributed by atoms with Gasteiger partial charge < -0.3 is 20.5 Å². The molecule has 25 heavy (non-hydrogen) atoms. The molecule has 0 atom stereocenters. The number of hydrogen-bond donors (Lipinski definition) is 3. The lowest BCUT2D eigenvalue weighted by molar-refractivity contribution is 0.158. The summed E-state index contributed by atoms with van der Waals surface area (Å²) < 4.78 is 5.31. The van der Waals surface area contributed by atoms with Crippen molar-refractivity contribution in [2.75, 3.05) is 36.9 Å². The van der Waals surface area contributed by atoms with E-state index in [1.54, 1.807) is 12.1 Å². The molecule has 0 bridgehead atoms. The van der Waals surface area contributed by atoms with E-state index in [1.807, 2.05) is 32.0 Å². The number of phenolic OH excluding ortho intramolecular Hbond substituents is 1. The van der Waals surface area contributed by atoms with Gasteiger partial charge in [-0.25, -0.2) is 4.98 Å². The fourth-order valence-corrected chi connectivity index (χ4v) is 2.42. The molecule has 0 unspecified atom stereocenters. The van der Waals surface area contributed by atoms with Crippen LogP contribution in [0.2, 0.25) is 0 Å². The van der Waals surface area contributed by atoms with Crippen molar-refractivity contribution in [2.45, 2.75) is 20.3 Å². The van der Waals surface area contributed by atoms with Crippen LogP contribution in [0.5, 0.6) is 5.75 Å². The Morgan fingerprint density at radius 2 is 1.96 bits per heavy atom. The van der Waals surface area contributed by atoms with Gasteiger partial charge in [-0.1, -0.05) is 12.1 Å². The molecule has 3 N–H and O–H groups in total. The average Bonchev–Trinajstić information content (AvgIpc) is 2.60. The first kappa shape index (κ1) is 18.6. The molecule has 132 valence electrons. The summed E-state index contributed by atoms with van der Waals surface area (Å²) >= 11 is 0. The number of phenols is 1. The van der Waals surface area contributed by atoms with Gasteiger partial charge in [-0.2, -0.15) is 5.26 Å². The zero-order valence-electron chi connectivity index (χ0n) is 14.7. The van der Waals surface area contributed by atoms with Gasteiger partial charge in [0.1, 0.15) is 23.5 Å². The van der Waals surface area contributed by atoms with Gasteiger partial charge in [0.25, 0.3) is 0 Å². The van der Waals surface area contributed by atoms with Crippen molar-refractivity contribution < 1.29 is 9.84 Å². The first-order chi connectivity index (χ1) is 12.1. The maximum atomic E-state index is 9.38. The monoisotopic (exact) mass is 340 g/mol. The summed E-state index contributed by atoms with van der Waals surface area (Å²) in [6.45, 7) is 6.47. The highest BCUT2D eigenvalue weighted by Crippen LogP contribution is 2.20. The number of anilines is 2. The van der Waals surface area contributed by atoms with E-state index in [0.29, 0.717) is 37.7 Å². The highest BCUT2D eigenvalue weighted by atomic mass is 16.5. The molecule has 1 aromatic heterocycles. The summed E-state index contributed by atoms with van der Waals surface area (Å²) in [6, 6.07) is 11.2. The minimum Gasteiger partial charge on any atom is -0.508 e. The van der Waals surface area contributed by atoms with E-state index in [0.717, 1.165) is 23.4 Å². The number of ether oxygens (including phenoxy) is 1. The van der Waals surface area contributed by atoms with Crippen molar-refractivity contribution >= 4 is 11.6 Å². The third-order valence-corrected chi connectivity index (χ3v) is 3.73. The molecule has 2 rings (SSSR count). The molecule has 1 heterocycles. The highest BCUT2D eigenvalue weighted by Gasteiger charge is 2.09. The molecule has 0 aliphatic heterocycles. The maximum absolute atomic E-state index is 9.38. The Labute approximate surface area is 148 Å². The fourth-order valence-electron chi connectivity index (χ4n) is 2.42. The highest BCUT2D eigenvalue weighted by molar-refractivity contribution is 5.60. The van der Waals surface area contributed by atoms with E-state index in [4.69, 9.17) is 4.74 Å². The van der Waals surface area contributed by atoms with Crippen LogP contribution >= 0.6 is 0 Å². The van der Waals surface area contributed by atoms with Crippen LogP contribution in [0.25, 0.3) is 0 Å². The molecule has 0 amide bonds. The van der Waals surface area contributed by atoms with Crippen molar-refractivity contribution in [3.63, 3.8) is 0 Å². The van der Waals surface area contributed by atoms with Crippen LogP contribution in [0.1, 0.15) is 23.6 Å². The van der Waals surface area contributed by atoms with Gasteiger partial charge in [0.05, 0.1) is 12.2 Å². The molecule has 6 heteroatoms. The molecular formula is C19H24N4O2. The second-order valence-corrected chi connectivity index (χ2v) is 5.63. The van der Waals surface area contributed by atoms with E-state index < -0.39 is 0 Å². The Morgan fingerprint density at radius 3 is 2.64 bits per heavy atom. The van der Waals surface area contributed by atoms with Crippen molar-refractivity contribution in [1.29, 1.82) is 5.26 Å². The first-order valence-electron chi connectivity index (χ1n) is 8.39. The van der Waals surface area contributed by atoms with E-state index in [1.165, 1.54) is 0 Å². The molecule has 0 aliphatic carbocycles. The first-order valence-corrected chi connectivity index (χ1v) is 8.39. The summed E-state index contributed by atoms with van der Waals surface area (Å²) in [5.74, 6) is 1.56. The lowest BCUT2D eigenvalue weighted by Crippen LogP contribution is -2.13. The number of hydrogen-bond acceptors (Lipinski definition) is 6. The Kier molecular flexibility index (Phi) is 7.05. The molecular weight excluding hydrogens is 316 g/mol. The number of pyridine rings is 1. The quantitative estimate of drug-likeness (QED) is 0.608. The number of nitriles is 1. The minimum atomic E-state index is 0.256. The number of rotatable bonds is 9. The van der Waals surface area contributed by atoms with Gasteiger partial charge in [0.2, 0.25) is 0 Å². The van der Waals surface area contributed by atoms with Crippen molar-refractivity contribution in [2.24, 2.45) is 0 Å². The predicted octanol–water partition coefficient (Wildman–Crippen LogP) is 3.07. The Hall–Kier alpha value is -2.78. The third-order valence-electron chi connectivity index (χ3n) is 3.73. The summed E-state index contributed by atoms with van der Waals surface area (Å²) in [5, 5.41) is 25.2. The summed E-state index contributed by atoms with van der Waals surface area (Å²) in [6.07, 6.45) is 0.772. The van der Waals surface area contributed by atoms with Gasteiger partial charge in [-0.05, 0) is 49.6 Å². The summed E-state index contributed by atoms with van der Waals surface area (Å²) in [4.78, 5) is 4.51. The molecule has 0 saturated carbocycles. The molecule has 0 fully saturated rings. The van der Waals surface area contributed by atoms with E-state index in [-0.39, 0.29) is 5.75 Å². The topological polar surface area (TPSA) is 90.2 Å². The molecule has 6 nitrogen and oxygen atoms in total. The number of aryl methyl sites for hydroxylation is 1. The number of nitrogens with zero attached hydrogens (tertiary/aromatic N) is 2. The summed E-state index contributed by atoms with van der Waals surface area (Å²) in [5.41, 5.74) is 2.54. The lowest BCUT2D eigenvalue weighted by Gasteiger charge is -2.13. The van der Waals surface area contributed by atoms with Crippen LogP contribution in [-0.2, 0) is 11.2 Å². The second-order valence-electron chi connectivity index (χ2n) is 5.63. The van der Waals surface area contributed by atoms with Crippen molar-refractivity contribution in [1.82, 2.24) is 4.98 Å². The zero-order valence-corrected chi connectivity index (χ0v) is 14.7. The van der Waals surface area contributed by atoms with Crippen molar-refractivity contribution in [3.05, 3.63) is 47.0 Å². The zero-order chi connectivity index (χ0) is 18.1. The van der Waals surface area contributed by atoms with Gasteiger partial charge >= 0.3 is 0 Å². The fraction of sp³-hybridized carbons (Fsp3) is 0.368. The number of aromatic nitrogens is 1. The largest absolute Gasteiger partial charge is 0.508 e. The normalized spacial score (nSPS) is 10.3. The van der Waals surface area contributed by atoms with Gasteiger partial charge in [0, 0.05) is 19.7 Å². The standard InChI is InChI=1S/C19H24N4O2/c1-3-25-11-10-21-18-12-14(2)17(13-20)19(23-18)22-9-8-15-4-6-16(24)7-5-15/h4-7,12,24H,3,8-11H2,1-2H3,(H2,21,22,23).